The van der Waals surface area contributed by atoms with Gasteiger partial charge in [-0.1, -0.05) is 66.7 Å². The molecule has 0 aliphatic heterocycles. The van der Waals surface area contributed by atoms with E-state index in [2.05, 4.69) is 47.2 Å². The summed E-state index contributed by atoms with van der Waals surface area (Å²) in [6, 6.07) is 6.80. The predicted molar refractivity (Wildman–Crippen MR) is 96.1 cm³/mol. The van der Waals surface area contributed by atoms with Gasteiger partial charge in [0.1, 0.15) is 0 Å². The van der Waals surface area contributed by atoms with Crippen LogP contribution in [0.5, 0.6) is 0 Å². The zero-order valence-corrected chi connectivity index (χ0v) is 15.6. The van der Waals surface area contributed by atoms with Crippen molar-refractivity contribution in [2.75, 3.05) is 6.54 Å². The van der Waals surface area contributed by atoms with Gasteiger partial charge in [-0.15, -0.1) is 0 Å². The molecule has 1 aliphatic carbocycles. The van der Waals surface area contributed by atoms with Crippen molar-refractivity contribution in [3.63, 3.8) is 0 Å². The van der Waals surface area contributed by atoms with E-state index in [-0.39, 0.29) is 0 Å². The van der Waals surface area contributed by atoms with Crippen LogP contribution in [-0.4, -0.2) is 12.6 Å². The summed E-state index contributed by atoms with van der Waals surface area (Å²) in [5.41, 5.74) is 1.67. The maximum Gasteiger partial charge on any atom is 0.0449 e. The molecule has 1 aromatic rings. The molecule has 0 spiro atoms. The number of halogens is 2. The summed E-state index contributed by atoms with van der Waals surface area (Å²) in [6.07, 6.45) is 9.02. The second-order valence-corrected chi connectivity index (χ2v) is 7.98. The lowest BCUT2D eigenvalue weighted by atomic mass is 9.69. The average Bonchev–Trinajstić information content (AvgIpc) is 2.46. The summed E-state index contributed by atoms with van der Waals surface area (Å²) in [4.78, 5) is 0. The Morgan fingerprint density at radius 3 is 2.62 bits per heavy atom. The van der Waals surface area contributed by atoms with E-state index in [4.69, 9.17) is 11.6 Å². The van der Waals surface area contributed by atoms with Crippen LogP contribution in [0, 0.1) is 5.41 Å². The van der Waals surface area contributed by atoms with Crippen molar-refractivity contribution in [1.82, 2.24) is 5.32 Å². The molecule has 0 radical (unpaired) electrons. The van der Waals surface area contributed by atoms with Gasteiger partial charge in [-0.2, -0.15) is 0 Å². The molecule has 1 atom stereocenters. The third kappa shape index (κ3) is 4.71. The predicted octanol–water partition coefficient (Wildman–Crippen LogP) is 5.98. The van der Waals surface area contributed by atoms with Crippen molar-refractivity contribution in [2.45, 2.75) is 64.8 Å². The molecule has 0 saturated heterocycles. The lowest BCUT2D eigenvalue weighted by molar-refractivity contribution is 0.143. The van der Waals surface area contributed by atoms with Crippen LogP contribution in [0.3, 0.4) is 0 Å². The highest BCUT2D eigenvalue weighted by Crippen LogP contribution is 2.40. The van der Waals surface area contributed by atoms with E-state index in [1.54, 1.807) is 0 Å². The number of benzene rings is 1. The Hall–Kier alpha value is -0.0500. The smallest absolute Gasteiger partial charge is 0.0449 e. The zero-order valence-electron chi connectivity index (χ0n) is 13.2. The molecule has 0 aromatic heterocycles. The fourth-order valence-electron chi connectivity index (χ4n) is 3.50. The van der Waals surface area contributed by atoms with Gasteiger partial charge in [0.05, 0.1) is 0 Å². The highest BCUT2D eigenvalue weighted by Gasteiger charge is 2.35. The fourth-order valence-corrected chi connectivity index (χ4v) is 4.25. The normalized spacial score (nSPS) is 19.4. The van der Waals surface area contributed by atoms with Crippen LogP contribution < -0.4 is 5.32 Å². The summed E-state index contributed by atoms with van der Waals surface area (Å²) < 4.78 is 1.05. The Kier molecular flexibility index (Phi) is 6.58. The van der Waals surface area contributed by atoms with E-state index in [0.29, 0.717) is 11.5 Å². The Balaban J connectivity index is 2.15. The van der Waals surface area contributed by atoms with Gasteiger partial charge in [-0.05, 0) is 55.3 Å². The van der Waals surface area contributed by atoms with Crippen LogP contribution in [0.2, 0.25) is 5.02 Å². The zero-order chi connectivity index (χ0) is 15.3. The Labute approximate surface area is 143 Å². The standard InChI is InChI=1S/C18H27BrClN/c1-3-11-21-17(18(2)9-5-4-6-10-18)12-14-7-8-15(19)13-16(14)20/h7-8,13,17,21H,3-6,9-12H2,1-2H3. The number of hydrogen-bond donors (Lipinski definition) is 1. The summed E-state index contributed by atoms with van der Waals surface area (Å²) in [6.45, 7) is 5.79. The molecule has 0 heterocycles. The van der Waals surface area contributed by atoms with Crippen LogP contribution in [0.15, 0.2) is 22.7 Å². The number of rotatable bonds is 6. The van der Waals surface area contributed by atoms with Gasteiger partial charge in [0, 0.05) is 15.5 Å². The van der Waals surface area contributed by atoms with E-state index < -0.39 is 0 Å². The third-order valence-electron chi connectivity index (χ3n) is 4.92. The van der Waals surface area contributed by atoms with Gasteiger partial charge in [-0.3, -0.25) is 0 Å². The SMILES string of the molecule is CCCNC(Cc1ccc(Br)cc1Cl)C1(C)CCCCC1. The van der Waals surface area contributed by atoms with Gasteiger partial charge >= 0.3 is 0 Å². The van der Waals surface area contributed by atoms with Crippen LogP contribution >= 0.6 is 27.5 Å². The van der Waals surface area contributed by atoms with Crippen LogP contribution in [-0.2, 0) is 6.42 Å². The van der Waals surface area contributed by atoms with Gasteiger partial charge in [0.15, 0.2) is 0 Å². The van der Waals surface area contributed by atoms with Crippen molar-refractivity contribution >= 4 is 27.5 Å². The molecule has 1 fully saturated rings. The third-order valence-corrected chi connectivity index (χ3v) is 5.76. The molecule has 1 N–H and O–H groups in total. The molecule has 21 heavy (non-hydrogen) atoms. The fraction of sp³-hybridized carbons (Fsp3) is 0.667. The molecule has 1 aromatic carbocycles. The molecule has 1 nitrogen and oxygen atoms in total. The maximum absolute atomic E-state index is 6.43. The molecule has 0 bridgehead atoms. The van der Waals surface area contributed by atoms with Crippen LogP contribution in [0.25, 0.3) is 0 Å². The minimum Gasteiger partial charge on any atom is -0.313 e. The molecule has 2 rings (SSSR count). The van der Waals surface area contributed by atoms with Crippen molar-refractivity contribution in [3.05, 3.63) is 33.3 Å². The lowest BCUT2D eigenvalue weighted by Gasteiger charge is -2.41. The van der Waals surface area contributed by atoms with Crippen molar-refractivity contribution < 1.29 is 0 Å². The minimum absolute atomic E-state index is 0.407. The monoisotopic (exact) mass is 371 g/mol. The van der Waals surface area contributed by atoms with Crippen LogP contribution in [0.4, 0.5) is 0 Å². The molecule has 118 valence electrons. The van der Waals surface area contributed by atoms with E-state index >= 15 is 0 Å². The van der Waals surface area contributed by atoms with Gasteiger partial charge in [0.2, 0.25) is 0 Å². The van der Waals surface area contributed by atoms with E-state index in [1.165, 1.54) is 44.1 Å². The summed E-state index contributed by atoms with van der Waals surface area (Å²) in [5.74, 6) is 0. The van der Waals surface area contributed by atoms with Crippen molar-refractivity contribution in [1.29, 1.82) is 0 Å². The summed E-state index contributed by atoms with van der Waals surface area (Å²) >= 11 is 9.93. The largest absolute Gasteiger partial charge is 0.313 e. The first-order valence-electron chi connectivity index (χ1n) is 8.22. The second kappa shape index (κ2) is 7.99. The molecular formula is C18H27BrClN. The van der Waals surface area contributed by atoms with E-state index in [1.807, 2.05) is 6.07 Å². The van der Waals surface area contributed by atoms with Crippen molar-refractivity contribution in [2.24, 2.45) is 5.41 Å². The molecular weight excluding hydrogens is 346 g/mol. The van der Waals surface area contributed by atoms with E-state index in [9.17, 15) is 0 Å². The first-order chi connectivity index (χ1) is 10.0. The van der Waals surface area contributed by atoms with Crippen molar-refractivity contribution in [3.8, 4) is 0 Å². The molecule has 1 aliphatic rings. The topological polar surface area (TPSA) is 12.0 Å². The first-order valence-corrected chi connectivity index (χ1v) is 9.39. The Bertz CT molecular complexity index is 455. The molecule has 1 saturated carbocycles. The number of nitrogens with one attached hydrogen (secondary N) is 1. The average molecular weight is 373 g/mol. The molecule has 0 amide bonds. The van der Waals surface area contributed by atoms with Gasteiger partial charge < -0.3 is 5.32 Å². The Morgan fingerprint density at radius 2 is 2.00 bits per heavy atom. The van der Waals surface area contributed by atoms with Gasteiger partial charge in [0.25, 0.3) is 0 Å². The quantitative estimate of drug-likeness (QED) is 0.647. The molecule has 1 unspecified atom stereocenters. The van der Waals surface area contributed by atoms with E-state index in [0.717, 1.165) is 22.5 Å². The summed E-state index contributed by atoms with van der Waals surface area (Å²) in [7, 11) is 0. The summed E-state index contributed by atoms with van der Waals surface area (Å²) in [5, 5.41) is 4.68. The second-order valence-electron chi connectivity index (χ2n) is 6.66. The highest BCUT2D eigenvalue weighted by atomic mass is 79.9. The molecule has 3 heteroatoms. The number of hydrogen-bond acceptors (Lipinski definition) is 1. The minimum atomic E-state index is 0.407. The Morgan fingerprint density at radius 1 is 1.29 bits per heavy atom. The van der Waals surface area contributed by atoms with Crippen LogP contribution in [0.1, 0.15) is 57.9 Å². The first kappa shape index (κ1) is 17.3. The lowest BCUT2D eigenvalue weighted by Crippen LogP contribution is -2.46. The highest BCUT2D eigenvalue weighted by molar-refractivity contribution is 9.10. The maximum atomic E-state index is 6.43. The van der Waals surface area contributed by atoms with Gasteiger partial charge in [-0.25, -0.2) is 0 Å².